The molecule has 2 N–H and O–H groups in total. The molecule has 10 heteroatoms. The SMILES string of the molecule is CCn1c(C(C)NS(=O)(=O)c2ccc(Cl)c(Cl)c2)cnc1Oc1ccc2c(c1)NCC2. The highest BCUT2D eigenvalue weighted by molar-refractivity contribution is 7.89. The molecule has 0 radical (unpaired) electrons. The molecule has 0 aliphatic carbocycles. The fourth-order valence-corrected chi connectivity index (χ4v) is 5.17. The molecule has 0 bridgehead atoms. The molecule has 7 nitrogen and oxygen atoms in total. The number of fused-ring (bicyclic) bond motifs is 1. The standard InChI is InChI=1S/C21H22Cl2N4O3S/c1-3-27-20(13(2)26-31(28,29)16-6-7-17(22)18(23)11-16)12-25-21(27)30-15-5-4-14-8-9-24-19(14)10-15/h4-7,10-13,24,26H,3,8-9H2,1-2H3. The van der Waals surface area contributed by atoms with Crippen LogP contribution in [0, 0.1) is 0 Å². The third-order valence-corrected chi connectivity index (χ3v) is 7.42. The number of rotatable bonds is 7. The first-order valence-electron chi connectivity index (χ1n) is 9.86. The van der Waals surface area contributed by atoms with Crippen LogP contribution < -0.4 is 14.8 Å². The third kappa shape index (κ3) is 4.52. The van der Waals surface area contributed by atoms with Gasteiger partial charge in [0.1, 0.15) is 5.75 Å². The van der Waals surface area contributed by atoms with E-state index in [1.54, 1.807) is 13.1 Å². The zero-order valence-electron chi connectivity index (χ0n) is 17.0. The van der Waals surface area contributed by atoms with E-state index in [0.29, 0.717) is 29.0 Å². The summed E-state index contributed by atoms with van der Waals surface area (Å²) in [7, 11) is -3.81. The van der Waals surface area contributed by atoms with Gasteiger partial charge in [0.25, 0.3) is 0 Å². The highest BCUT2D eigenvalue weighted by Gasteiger charge is 2.23. The summed E-state index contributed by atoms with van der Waals surface area (Å²) in [4.78, 5) is 4.41. The van der Waals surface area contributed by atoms with Gasteiger partial charge in [0.05, 0.1) is 32.9 Å². The Morgan fingerprint density at radius 3 is 2.77 bits per heavy atom. The molecule has 164 valence electrons. The first-order valence-corrected chi connectivity index (χ1v) is 12.1. The van der Waals surface area contributed by atoms with Gasteiger partial charge in [0, 0.05) is 24.8 Å². The number of hydrogen-bond acceptors (Lipinski definition) is 5. The zero-order valence-corrected chi connectivity index (χ0v) is 19.4. The number of aromatic nitrogens is 2. The van der Waals surface area contributed by atoms with Crippen molar-refractivity contribution in [3.8, 4) is 11.8 Å². The minimum Gasteiger partial charge on any atom is -0.425 e. The number of halogens is 2. The second-order valence-corrected chi connectivity index (χ2v) is 9.75. The Kier molecular flexibility index (Phi) is 6.16. The smallest absolute Gasteiger partial charge is 0.302 e. The van der Waals surface area contributed by atoms with Gasteiger partial charge in [-0.25, -0.2) is 18.1 Å². The highest BCUT2D eigenvalue weighted by Crippen LogP contribution is 2.31. The maximum absolute atomic E-state index is 12.8. The first-order chi connectivity index (χ1) is 14.8. The van der Waals surface area contributed by atoms with E-state index in [1.165, 1.54) is 23.8 Å². The number of imidazole rings is 1. The summed E-state index contributed by atoms with van der Waals surface area (Å²) in [5.74, 6) is 0.670. The number of nitrogens with zero attached hydrogens (tertiary/aromatic N) is 2. The molecule has 0 saturated heterocycles. The lowest BCUT2D eigenvalue weighted by atomic mass is 10.2. The molecule has 0 saturated carbocycles. The number of ether oxygens (including phenoxy) is 1. The molecule has 3 aromatic rings. The summed E-state index contributed by atoms with van der Waals surface area (Å²) in [5, 5.41) is 3.79. The molecule has 1 aromatic heterocycles. The van der Waals surface area contributed by atoms with Crippen LogP contribution >= 0.6 is 23.2 Å². The predicted octanol–water partition coefficient (Wildman–Crippen LogP) is 5.01. The van der Waals surface area contributed by atoms with Gasteiger partial charge in [-0.05, 0) is 50.1 Å². The summed E-state index contributed by atoms with van der Waals surface area (Å²) in [6.07, 6.45) is 2.62. The van der Waals surface area contributed by atoms with Gasteiger partial charge < -0.3 is 10.1 Å². The maximum atomic E-state index is 12.8. The highest BCUT2D eigenvalue weighted by atomic mass is 35.5. The van der Waals surface area contributed by atoms with E-state index in [0.717, 1.165) is 18.7 Å². The molecule has 0 amide bonds. The summed E-state index contributed by atoms with van der Waals surface area (Å²) < 4.78 is 36.1. The van der Waals surface area contributed by atoms with Gasteiger partial charge in [-0.3, -0.25) is 4.57 Å². The van der Waals surface area contributed by atoms with Crippen molar-refractivity contribution in [2.24, 2.45) is 0 Å². The monoisotopic (exact) mass is 480 g/mol. The molecule has 31 heavy (non-hydrogen) atoms. The molecule has 1 atom stereocenters. The summed E-state index contributed by atoms with van der Waals surface area (Å²) in [5.41, 5.74) is 3.01. The Balaban J connectivity index is 1.55. The van der Waals surface area contributed by atoms with Gasteiger partial charge in [-0.1, -0.05) is 29.3 Å². The van der Waals surface area contributed by atoms with Crippen LogP contribution in [0.3, 0.4) is 0 Å². The summed E-state index contributed by atoms with van der Waals surface area (Å²) in [6.45, 7) is 5.18. The van der Waals surface area contributed by atoms with Crippen LogP contribution in [0.4, 0.5) is 5.69 Å². The normalized spacial score (nSPS) is 14.2. The number of nitrogens with one attached hydrogen (secondary N) is 2. The Morgan fingerprint density at radius 2 is 2.03 bits per heavy atom. The van der Waals surface area contributed by atoms with Crippen molar-refractivity contribution in [3.05, 3.63) is 63.9 Å². The molecule has 2 aromatic carbocycles. The summed E-state index contributed by atoms with van der Waals surface area (Å²) in [6, 6.07) is 9.95. The Labute approximate surface area is 191 Å². The Hall–Kier alpha value is -2.26. The van der Waals surface area contributed by atoms with Crippen LogP contribution in [0.1, 0.15) is 31.1 Å². The van der Waals surface area contributed by atoms with E-state index >= 15 is 0 Å². The minimum atomic E-state index is -3.81. The van der Waals surface area contributed by atoms with Crippen molar-refractivity contribution in [2.45, 2.75) is 37.8 Å². The predicted molar refractivity (Wildman–Crippen MR) is 122 cm³/mol. The fraction of sp³-hybridized carbons (Fsp3) is 0.286. The van der Waals surface area contributed by atoms with E-state index in [9.17, 15) is 8.42 Å². The van der Waals surface area contributed by atoms with Crippen LogP contribution in [0.2, 0.25) is 10.0 Å². The van der Waals surface area contributed by atoms with Crippen molar-refractivity contribution in [3.63, 3.8) is 0 Å². The van der Waals surface area contributed by atoms with Gasteiger partial charge in [-0.15, -0.1) is 0 Å². The number of hydrogen-bond donors (Lipinski definition) is 2. The van der Waals surface area contributed by atoms with Gasteiger partial charge in [0.15, 0.2) is 0 Å². The zero-order chi connectivity index (χ0) is 22.2. The lowest BCUT2D eigenvalue weighted by molar-refractivity contribution is 0.408. The molecule has 1 aliphatic rings. The molecule has 1 aliphatic heterocycles. The Bertz CT molecular complexity index is 1230. The largest absolute Gasteiger partial charge is 0.425 e. The van der Waals surface area contributed by atoms with E-state index in [4.69, 9.17) is 27.9 Å². The van der Waals surface area contributed by atoms with E-state index in [1.807, 2.05) is 29.7 Å². The molecular formula is C21H22Cl2N4O3S. The second-order valence-electron chi connectivity index (χ2n) is 7.23. The van der Waals surface area contributed by atoms with Crippen LogP contribution in [0.5, 0.6) is 11.8 Å². The topological polar surface area (TPSA) is 85.2 Å². The van der Waals surface area contributed by atoms with E-state index in [2.05, 4.69) is 15.0 Å². The second kappa shape index (κ2) is 8.70. The van der Waals surface area contributed by atoms with E-state index < -0.39 is 16.1 Å². The van der Waals surface area contributed by atoms with Gasteiger partial charge in [0.2, 0.25) is 10.0 Å². The van der Waals surface area contributed by atoms with Crippen molar-refractivity contribution in [2.75, 3.05) is 11.9 Å². The fourth-order valence-electron chi connectivity index (χ4n) is 3.56. The van der Waals surface area contributed by atoms with Crippen molar-refractivity contribution >= 4 is 38.9 Å². The summed E-state index contributed by atoms with van der Waals surface area (Å²) >= 11 is 11.9. The quantitative estimate of drug-likeness (QED) is 0.496. The lowest BCUT2D eigenvalue weighted by Crippen LogP contribution is -2.28. The van der Waals surface area contributed by atoms with Crippen molar-refractivity contribution in [1.29, 1.82) is 0 Å². The lowest BCUT2D eigenvalue weighted by Gasteiger charge is -2.17. The first kappa shape index (κ1) is 22.0. The van der Waals surface area contributed by atoms with Crippen molar-refractivity contribution in [1.82, 2.24) is 14.3 Å². The van der Waals surface area contributed by atoms with Gasteiger partial charge >= 0.3 is 6.01 Å². The average molecular weight is 481 g/mol. The van der Waals surface area contributed by atoms with Crippen molar-refractivity contribution < 1.29 is 13.2 Å². The average Bonchev–Trinajstić information content (AvgIpc) is 3.35. The molecule has 4 rings (SSSR count). The number of anilines is 1. The van der Waals surface area contributed by atoms with E-state index in [-0.39, 0.29) is 9.92 Å². The molecule has 2 heterocycles. The molecule has 1 unspecified atom stereocenters. The van der Waals surface area contributed by atoms with Crippen LogP contribution in [0.25, 0.3) is 0 Å². The molecule has 0 spiro atoms. The Morgan fingerprint density at radius 1 is 1.23 bits per heavy atom. The maximum Gasteiger partial charge on any atom is 0.302 e. The number of benzene rings is 2. The third-order valence-electron chi connectivity index (χ3n) is 5.14. The van der Waals surface area contributed by atoms with Crippen LogP contribution in [-0.4, -0.2) is 24.5 Å². The molecular weight excluding hydrogens is 459 g/mol. The van der Waals surface area contributed by atoms with Gasteiger partial charge in [-0.2, -0.15) is 0 Å². The van der Waals surface area contributed by atoms with Crippen LogP contribution in [0.15, 0.2) is 47.5 Å². The molecule has 0 fully saturated rings. The minimum absolute atomic E-state index is 0.0402. The number of sulfonamides is 1. The van der Waals surface area contributed by atoms with Crippen LogP contribution in [-0.2, 0) is 23.0 Å².